The predicted octanol–water partition coefficient (Wildman–Crippen LogP) is 3.58. The van der Waals surface area contributed by atoms with Crippen LogP contribution < -0.4 is 10.6 Å². The van der Waals surface area contributed by atoms with Crippen molar-refractivity contribution in [2.75, 3.05) is 0 Å². The first-order chi connectivity index (χ1) is 12.1. The van der Waals surface area contributed by atoms with Gasteiger partial charge in [-0.15, -0.1) is 0 Å². The quantitative estimate of drug-likeness (QED) is 0.641. The van der Waals surface area contributed by atoms with Gasteiger partial charge in [0.2, 0.25) is 5.91 Å². The Hall–Kier alpha value is -1.59. The van der Waals surface area contributed by atoms with E-state index in [1.165, 1.54) is 19.3 Å². The Morgan fingerprint density at radius 1 is 1.12 bits per heavy atom. The number of ether oxygens (including phenoxy) is 1. The summed E-state index contributed by atoms with van der Waals surface area (Å²) in [4.78, 5) is 36.1. The predicted molar refractivity (Wildman–Crippen MR) is 102 cm³/mol. The summed E-state index contributed by atoms with van der Waals surface area (Å²) in [5, 5.41) is 5.46. The van der Waals surface area contributed by atoms with Gasteiger partial charge in [0, 0.05) is 0 Å². The number of alkyl carbamates (subject to hydrolysis) is 1. The van der Waals surface area contributed by atoms with Gasteiger partial charge in [-0.3, -0.25) is 4.79 Å². The number of hydrogen-bond acceptors (Lipinski definition) is 4. The zero-order valence-corrected chi connectivity index (χ0v) is 17.0. The molecule has 0 aromatic heterocycles. The maximum Gasteiger partial charge on any atom is 0.408 e. The smallest absolute Gasteiger partial charge is 0.408 e. The van der Waals surface area contributed by atoms with E-state index in [9.17, 15) is 14.4 Å². The number of amides is 2. The third kappa shape index (κ3) is 9.20. The largest absolute Gasteiger partial charge is 0.444 e. The monoisotopic (exact) mass is 368 g/mol. The van der Waals surface area contributed by atoms with Crippen LogP contribution in [0.5, 0.6) is 0 Å². The Balaban J connectivity index is 2.64. The molecule has 1 aliphatic carbocycles. The molecule has 26 heavy (non-hydrogen) atoms. The summed E-state index contributed by atoms with van der Waals surface area (Å²) in [5.41, 5.74) is -0.630. The molecule has 0 heterocycles. The van der Waals surface area contributed by atoms with E-state index < -0.39 is 23.8 Å². The van der Waals surface area contributed by atoms with Crippen LogP contribution in [-0.4, -0.2) is 36.0 Å². The molecule has 0 bridgehead atoms. The minimum Gasteiger partial charge on any atom is -0.444 e. The Morgan fingerprint density at radius 3 is 2.23 bits per heavy atom. The van der Waals surface area contributed by atoms with Gasteiger partial charge in [-0.05, 0) is 45.4 Å². The van der Waals surface area contributed by atoms with Crippen molar-refractivity contribution >= 4 is 18.3 Å². The first kappa shape index (κ1) is 22.5. The first-order valence-electron chi connectivity index (χ1n) is 9.86. The molecule has 2 N–H and O–H groups in total. The summed E-state index contributed by atoms with van der Waals surface area (Å²) < 4.78 is 5.25. The highest BCUT2D eigenvalue weighted by Crippen LogP contribution is 2.27. The molecule has 6 nitrogen and oxygen atoms in total. The highest BCUT2D eigenvalue weighted by Gasteiger charge is 2.27. The molecule has 0 aromatic rings. The Bertz CT molecular complexity index is 465. The van der Waals surface area contributed by atoms with Crippen molar-refractivity contribution in [3.05, 3.63) is 0 Å². The number of hydrogen-bond donors (Lipinski definition) is 2. The van der Waals surface area contributed by atoms with E-state index in [-0.39, 0.29) is 11.8 Å². The van der Waals surface area contributed by atoms with Crippen molar-refractivity contribution in [2.24, 2.45) is 11.8 Å². The van der Waals surface area contributed by atoms with E-state index >= 15 is 0 Å². The van der Waals surface area contributed by atoms with Crippen LogP contribution in [0.1, 0.15) is 79.6 Å². The molecule has 0 unspecified atom stereocenters. The Labute approximate surface area is 157 Å². The minimum atomic E-state index is -0.710. The van der Waals surface area contributed by atoms with Crippen molar-refractivity contribution < 1.29 is 19.1 Å². The minimum absolute atomic E-state index is 0.216. The lowest BCUT2D eigenvalue weighted by Crippen LogP contribution is -2.51. The third-order valence-corrected chi connectivity index (χ3v) is 4.52. The maximum atomic E-state index is 12.7. The molecule has 0 aliphatic heterocycles. The lowest BCUT2D eigenvalue weighted by molar-refractivity contribution is -0.126. The molecule has 150 valence electrons. The van der Waals surface area contributed by atoms with Gasteiger partial charge in [-0.1, -0.05) is 46.0 Å². The molecular weight excluding hydrogens is 332 g/mol. The zero-order valence-electron chi connectivity index (χ0n) is 17.0. The number of nitrogens with one attached hydrogen (secondary N) is 2. The van der Waals surface area contributed by atoms with Gasteiger partial charge in [0.1, 0.15) is 17.9 Å². The Morgan fingerprint density at radius 2 is 1.73 bits per heavy atom. The van der Waals surface area contributed by atoms with Crippen LogP contribution in [0, 0.1) is 11.8 Å². The zero-order chi connectivity index (χ0) is 19.7. The highest BCUT2D eigenvalue weighted by molar-refractivity contribution is 5.87. The molecular formula is C20H36N2O4. The van der Waals surface area contributed by atoms with Crippen molar-refractivity contribution in [1.29, 1.82) is 0 Å². The van der Waals surface area contributed by atoms with E-state index in [2.05, 4.69) is 10.6 Å². The average molecular weight is 369 g/mol. The van der Waals surface area contributed by atoms with E-state index in [0.717, 1.165) is 19.1 Å². The normalized spacial score (nSPS) is 18.1. The summed E-state index contributed by atoms with van der Waals surface area (Å²) >= 11 is 0. The first-order valence-corrected chi connectivity index (χ1v) is 9.86. The van der Waals surface area contributed by atoms with Crippen LogP contribution in [0.4, 0.5) is 4.79 Å². The maximum absolute atomic E-state index is 12.7. The van der Waals surface area contributed by atoms with Gasteiger partial charge in [0.25, 0.3) is 0 Å². The molecule has 1 fully saturated rings. The van der Waals surface area contributed by atoms with Gasteiger partial charge >= 0.3 is 6.09 Å². The number of carbonyl (C=O) groups is 3. The summed E-state index contributed by atoms with van der Waals surface area (Å²) in [7, 11) is 0. The van der Waals surface area contributed by atoms with Gasteiger partial charge in [-0.25, -0.2) is 4.79 Å². The van der Waals surface area contributed by atoms with Crippen molar-refractivity contribution in [1.82, 2.24) is 10.6 Å². The number of rotatable bonds is 8. The van der Waals surface area contributed by atoms with Gasteiger partial charge in [0.15, 0.2) is 0 Å². The SMILES string of the molecule is CC(C)C[C@@H](NC(=O)OC(C)(C)C)C(=O)N[C@H](C=O)CC1CCCCC1. The number of aldehydes is 1. The van der Waals surface area contributed by atoms with E-state index in [4.69, 9.17) is 4.74 Å². The highest BCUT2D eigenvalue weighted by atomic mass is 16.6. The molecule has 0 saturated heterocycles. The van der Waals surface area contributed by atoms with Crippen molar-refractivity contribution in [2.45, 2.75) is 97.2 Å². The second-order valence-corrected chi connectivity index (χ2v) is 8.82. The fourth-order valence-electron chi connectivity index (χ4n) is 3.37. The van der Waals surface area contributed by atoms with E-state index in [0.29, 0.717) is 18.8 Å². The lowest BCUT2D eigenvalue weighted by Gasteiger charge is -2.27. The second kappa shape index (κ2) is 10.5. The van der Waals surface area contributed by atoms with Crippen LogP contribution in [0.25, 0.3) is 0 Å². The molecule has 1 aliphatic rings. The van der Waals surface area contributed by atoms with Crippen LogP contribution in [0.15, 0.2) is 0 Å². The summed E-state index contributed by atoms with van der Waals surface area (Å²) in [5.74, 6) is 0.382. The van der Waals surface area contributed by atoms with E-state index in [1.807, 2.05) is 13.8 Å². The van der Waals surface area contributed by atoms with Gasteiger partial charge in [-0.2, -0.15) is 0 Å². The van der Waals surface area contributed by atoms with Crippen molar-refractivity contribution in [3.63, 3.8) is 0 Å². The van der Waals surface area contributed by atoms with Crippen LogP contribution >= 0.6 is 0 Å². The third-order valence-electron chi connectivity index (χ3n) is 4.52. The molecule has 6 heteroatoms. The molecule has 1 saturated carbocycles. The van der Waals surface area contributed by atoms with Crippen molar-refractivity contribution in [3.8, 4) is 0 Å². The summed E-state index contributed by atoms with van der Waals surface area (Å²) in [6, 6.07) is -1.21. The van der Waals surface area contributed by atoms with Gasteiger partial charge in [0.05, 0.1) is 6.04 Å². The summed E-state index contributed by atoms with van der Waals surface area (Å²) in [6.07, 6.45) is 7.24. The summed E-state index contributed by atoms with van der Waals surface area (Å²) in [6.45, 7) is 9.29. The molecule has 2 amide bonds. The molecule has 0 spiro atoms. The molecule has 0 aromatic carbocycles. The lowest BCUT2D eigenvalue weighted by atomic mass is 9.85. The fourth-order valence-corrected chi connectivity index (χ4v) is 3.37. The van der Waals surface area contributed by atoms with Gasteiger partial charge < -0.3 is 20.2 Å². The van der Waals surface area contributed by atoms with E-state index in [1.54, 1.807) is 20.8 Å². The van der Waals surface area contributed by atoms with Crippen LogP contribution in [0.3, 0.4) is 0 Å². The average Bonchev–Trinajstić information content (AvgIpc) is 2.52. The number of carbonyl (C=O) groups excluding carboxylic acids is 3. The standard InChI is InChI=1S/C20H36N2O4/c1-14(2)11-17(22-19(25)26-20(3,4)5)18(24)21-16(13-23)12-15-9-7-6-8-10-15/h13-17H,6-12H2,1-5H3,(H,21,24)(H,22,25)/t16-,17+/m0/s1. The second-order valence-electron chi connectivity index (χ2n) is 8.82. The topological polar surface area (TPSA) is 84.5 Å². The van der Waals surface area contributed by atoms with Crippen LogP contribution in [0.2, 0.25) is 0 Å². The molecule has 2 atom stereocenters. The molecule has 0 radical (unpaired) electrons. The van der Waals surface area contributed by atoms with Crippen LogP contribution in [-0.2, 0) is 14.3 Å². The fraction of sp³-hybridized carbons (Fsp3) is 0.850. The molecule has 1 rings (SSSR count). The Kier molecular flexibility index (Phi) is 9.09.